The van der Waals surface area contributed by atoms with E-state index in [0.717, 1.165) is 31.9 Å². The third-order valence-electron chi connectivity index (χ3n) is 4.56. The van der Waals surface area contributed by atoms with Gasteiger partial charge in [-0.15, -0.1) is 0 Å². The Hall–Kier alpha value is -1.13. The summed E-state index contributed by atoms with van der Waals surface area (Å²) in [5.41, 5.74) is 9.89. The lowest BCUT2D eigenvalue weighted by Crippen LogP contribution is -2.25. The van der Waals surface area contributed by atoms with E-state index >= 15 is 0 Å². The summed E-state index contributed by atoms with van der Waals surface area (Å²) in [5.74, 6) is 1.76. The summed E-state index contributed by atoms with van der Waals surface area (Å²) in [6.07, 6.45) is 6.05. The lowest BCUT2D eigenvalue weighted by atomic mass is 9.94. The zero-order chi connectivity index (χ0) is 13.9. The average Bonchev–Trinajstić information content (AvgIpc) is 2.94. The summed E-state index contributed by atoms with van der Waals surface area (Å²) >= 11 is 0. The molecular weight excluding hydrogens is 250 g/mol. The highest BCUT2D eigenvalue weighted by atomic mass is 16.5. The summed E-state index contributed by atoms with van der Waals surface area (Å²) in [6.45, 7) is 3.56. The normalized spacial score (nSPS) is 22.1. The van der Waals surface area contributed by atoms with Crippen molar-refractivity contribution in [3.05, 3.63) is 22.9 Å². The monoisotopic (exact) mass is 275 g/mol. The maximum absolute atomic E-state index is 5.95. The van der Waals surface area contributed by atoms with Gasteiger partial charge in [-0.1, -0.05) is 0 Å². The Labute approximate surface area is 121 Å². The molecule has 0 saturated carbocycles. The molecule has 1 aromatic heterocycles. The zero-order valence-electron chi connectivity index (χ0n) is 12.4. The second kappa shape index (κ2) is 6.10. The standard InChI is InChI=1S/C16H25N3O/c1-20-11-12-6-7-19(10-12)16-14(9-17)8-13-4-2-3-5-15(13)18-16/h8,12H,2-7,9-11,17H2,1H3. The van der Waals surface area contributed by atoms with Crippen LogP contribution in [0.2, 0.25) is 0 Å². The maximum atomic E-state index is 5.95. The van der Waals surface area contributed by atoms with Crippen molar-refractivity contribution in [1.29, 1.82) is 0 Å². The molecule has 3 rings (SSSR count). The molecule has 1 aliphatic carbocycles. The summed E-state index contributed by atoms with van der Waals surface area (Å²) in [5, 5.41) is 0. The number of pyridine rings is 1. The Bertz CT molecular complexity index is 475. The highest BCUT2D eigenvalue weighted by molar-refractivity contribution is 5.51. The largest absolute Gasteiger partial charge is 0.384 e. The van der Waals surface area contributed by atoms with Crippen LogP contribution in [-0.4, -0.2) is 31.8 Å². The molecule has 0 aromatic carbocycles. The third-order valence-corrected chi connectivity index (χ3v) is 4.56. The third kappa shape index (κ3) is 2.67. The number of anilines is 1. The Morgan fingerprint density at radius 2 is 2.25 bits per heavy atom. The lowest BCUT2D eigenvalue weighted by Gasteiger charge is -2.24. The van der Waals surface area contributed by atoms with Gasteiger partial charge in [0.1, 0.15) is 5.82 Å². The molecule has 0 spiro atoms. The molecule has 1 unspecified atom stereocenters. The van der Waals surface area contributed by atoms with Gasteiger partial charge in [0.25, 0.3) is 0 Å². The van der Waals surface area contributed by atoms with Crippen molar-refractivity contribution >= 4 is 5.82 Å². The van der Waals surface area contributed by atoms with Crippen molar-refractivity contribution in [2.75, 3.05) is 31.7 Å². The molecule has 2 heterocycles. The van der Waals surface area contributed by atoms with Crippen LogP contribution < -0.4 is 10.6 Å². The predicted octanol–water partition coefficient (Wildman–Crippen LogP) is 1.89. The van der Waals surface area contributed by atoms with E-state index in [1.165, 1.54) is 42.5 Å². The number of nitrogens with zero attached hydrogens (tertiary/aromatic N) is 2. The number of aryl methyl sites for hydroxylation is 2. The van der Waals surface area contributed by atoms with Gasteiger partial charge in [-0.2, -0.15) is 0 Å². The van der Waals surface area contributed by atoms with Crippen molar-refractivity contribution in [1.82, 2.24) is 4.98 Å². The summed E-state index contributed by atoms with van der Waals surface area (Å²) in [7, 11) is 1.78. The maximum Gasteiger partial charge on any atom is 0.133 e. The number of ether oxygens (including phenoxy) is 1. The van der Waals surface area contributed by atoms with Crippen LogP contribution in [0.5, 0.6) is 0 Å². The van der Waals surface area contributed by atoms with E-state index in [9.17, 15) is 0 Å². The van der Waals surface area contributed by atoms with Crippen LogP contribution in [0.1, 0.15) is 36.1 Å². The van der Waals surface area contributed by atoms with Crippen molar-refractivity contribution in [2.24, 2.45) is 11.7 Å². The average molecular weight is 275 g/mol. The molecule has 1 aromatic rings. The fourth-order valence-corrected chi connectivity index (χ4v) is 3.49. The van der Waals surface area contributed by atoms with Gasteiger partial charge in [0.2, 0.25) is 0 Å². The smallest absolute Gasteiger partial charge is 0.133 e. The van der Waals surface area contributed by atoms with E-state index in [4.69, 9.17) is 15.5 Å². The molecule has 1 atom stereocenters. The van der Waals surface area contributed by atoms with Crippen LogP contribution in [0.4, 0.5) is 5.82 Å². The van der Waals surface area contributed by atoms with Crippen LogP contribution in [0.15, 0.2) is 6.07 Å². The van der Waals surface area contributed by atoms with Gasteiger partial charge in [-0.05, 0) is 43.7 Å². The van der Waals surface area contributed by atoms with E-state index in [2.05, 4.69) is 11.0 Å². The second-order valence-electron chi connectivity index (χ2n) is 6.04. The Morgan fingerprint density at radius 1 is 1.40 bits per heavy atom. The Morgan fingerprint density at radius 3 is 3.05 bits per heavy atom. The molecule has 1 saturated heterocycles. The van der Waals surface area contributed by atoms with Crippen molar-refractivity contribution in [3.8, 4) is 0 Å². The first-order valence-electron chi connectivity index (χ1n) is 7.77. The van der Waals surface area contributed by atoms with Crippen molar-refractivity contribution < 1.29 is 4.74 Å². The molecule has 0 radical (unpaired) electrons. The first kappa shape index (κ1) is 13.8. The molecule has 2 aliphatic rings. The highest BCUT2D eigenvalue weighted by Crippen LogP contribution is 2.30. The number of rotatable bonds is 4. The summed E-state index contributed by atoms with van der Waals surface area (Å²) in [4.78, 5) is 7.37. The predicted molar refractivity (Wildman–Crippen MR) is 81.0 cm³/mol. The zero-order valence-corrected chi connectivity index (χ0v) is 12.4. The minimum Gasteiger partial charge on any atom is -0.384 e. The molecule has 4 nitrogen and oxygen atoms in total. The minimum atomic E-state index is 0.584. The van der Waals surface area contributed by atoms with E-state index < -0.39 is 0 Å². The number of fused-ring (bicyclic) bond motifs is 1. The van der Waals surface area contributed by atoms with Gasteiger partial charge < -0.3 is 15.4 Å². The van der Waals surface area contributed by atoms with E-state index in [1.807, 2.05) is 0 Å². The fraction of sp³-hybridized carbons (Fsp3) is 0.688. The quantitative estimate of drug-likeness (QED) is 0.911. The van der Waals surface area contributed by atoms with Crippen LogP contribution in [0, 0.1) is 5.92 Å². The number of aromatic nitrogens is 1. The topological polar surface area (TPSA) is 51.4 Å². The van der Waals surface area contributed by atoms with Crippen LogP contribution in [0.25, 0.3) is 0 Å². The fourth-order valence-electron chi connectivity index (χ4n) is 3.49. The van der Waals surface area contributed by atoms with Crippen LogP contribution in [-0.2, 0) is 24.1 Å². The van der Waals surface area contributed by atoms with Gasteiger partial charge in [0.05, 0.1) is 6.61 Å². The first-order valence-corrected chi connectivity index (χ1v) is 7.77. The molecule has 0 bridgehead atoms. The van der Waals surface area contributed by atoms with E-state index in [1.54, 1.807) is 7.11 Å². The lowest BCUT2D eigenvalue weighted by molar-refractivity contribution is 0.161. The summed E-state index contributed by atoms with van der Waals surface area (Å²) < 4.78 is 5.29. The first-order chi connectivity index (χ1) is 9.81. The number of methoxy groups -OCH3 is 1. The van der Waals surface area contributed by atoms with Gasteiger partial charge in [0.15, 0.2) is 0 Å². The molecule has 1 aliphatic heterocycles. The number of nitrogens with two attached hydrogens (primary N) is 1. The molecule has 0 amide bonds. The van der Waals surface area contributed by atoms with Crippen LogP contribution in [0.3, 0.4) is 0 Å². The van der Waals surface area contributed by atoms with E-state index in [0.29, 0.717) is 12.5 Å². The number of hydrogen-bond donors (Lipinski definition) is 1. The van der Waals surface area contributed by atoms with Crippen LogP contribution >= 0.6 is 0 Å². The van der Waals surface area contributed by atoms with Crippen molar-refractivity contribution in [3.63, 3.8) is 0 Å². The van der Waals surface area contributed by atoms with Gasteiger partial charge in [-0.3, -0.25) is 0 Å². The van der Waals surface area contributed by atoms with Gasteiger partial charge in [-0.25, -0.2) is 4.98 Å². The summed E-state index contributed by atoms with van der Waals surface area (Å²) in [6, 6.07) is 2.31. The molecular formula is C16H25N3O. The minimum absolute atomic E-state index is 0.584. The molecule has 110 valence electrons. The number of hydrogen-bond acceptors (Lipinski definition) is 4. The molecule has 4 heteroatoms. The Balaban J connectivity index is 1.85. The molecule has 1 fully saturated rings. The Kier molecular flexibility index (Phi) is 4.22. The SMILES string of the molecule is COCC1CCN(c2nc3c(cc2CN)CCCC3)C1. The van der Waals surface area contributed by atoms with Crippen molar-refractivity contribution in [2.45, 2.75) is 38.6 Å². The highest BCUT2D eigenvalue weighted by Gasteiger charge is 2.26. The van der Waals surface area contributed by atoms with E-state index in [-0.39, 0.29) is 0 Å². The van der Waals surface area contributed by atoms with Gasteiger partial charge in [0, 0.05) is 43.9 Å². The second-order valence-corrected chi connectivity index (χ2v) is 6.04. The van der Waals surface area contributed by atoms with Gasteiger partial charge >= 0.3 is 0 Å². The molecule has 20 heavy (non-hydrogen) atoms. The molecule has 2 N–H and O–H groups in total.